The lowest BCUT2D eigenvalue weighted by Crippen LogP contribution is -2.18. The fourth-order valence-corrected chi connectivity index (χ4v) is 2.34. The second-order valence-corrected chi connectivity index (χ2v) is 5.01. The molecule has 0 amide bonds. The van der Waals surface area contributed by atoms with Gasteiger partial charge in [-0.05, 0) is 42.4 Å². The Hall–Kier alpha value is -1.59. The highest BCUT2D eigenvalue weighted by atomic mass is 35.5. The number of aryl methyl sites for hydroxylation is 1. The van der Waals surface area contributed by atoms with Crippen LogP contribution in [0.5, 0.6) is 5.75 Å². The van der Waals surface area contributed by atoms with Gasteiger partial charge in [-0.3, -0.25) is 9.78 Å². The lowest BCUT2D eigenvalue weighted by molar-refractivity contribution is 0.469. The summed E-state index contributed by atoms with van der Waals surface area (Å²) in [5.74, 6) is 0.119. The molecule has 0 saturated heterocycles. The molecular formula is C13H13ClN2O2S. The second kappa shape index (κ2) is 5.59. The van der Waals surface area contributed by atoms with E-state index in [0.29, 0.717) is 33.8 Å². The number of rotatable bonds is 3. The summed E-state index contributed by atoms with van der Waals surface area (Å²) in [7, 11) is 0. The van der Waals surface area contributed by atoms with Crippen molar-refractivity contribution in [3.05, 3.63) is 55.2 Å². The number of phenolic OH excluding ortho intramolecular Hbond substituents is 1. The van der Waals surface area contributed by atoms with Crippen LogP contribution in [-0.4, -0.2) is 15.1 Å². The van der Waals surface area contributed by atoms with E-state index in [1.54, 1.807) is 12.1 Å². The summed E-state index contributed by atoms with van der Waals surface area (Å²) >= 11 is 10.8. The Morgan fingerprint density at radius 3 is 2.79 bits per heavy atom. The summed E-state index contributed by atoms with van der Waals surface area (Å²) in [6, 6.07) is 4.77. The number of aromatic nitrogens is 2. The van der Waals surface area contributed by atoms with Crippen molar-refractivity contribution < 1.29 is 5.11 Å². The van der Waals surface area contributed by atoms with Crippen molar-refractivity contribution in [1.29, 1.82) is 0 Å². The zero-order valence-corrected chi connectivity index (χ0v) is 11.9. The van der Waals surface area contributed by atoms with Crippen LogP contribution in [-0.2, 0) is 12.8 Å². The minimum absolute atomic E-state index is 0.119. The summed E-state index contributed by atoms with van der Waals surface area (Å²) in [6.45, 7) is 1.93. The van der Waals surface area contributed by atoms with Crippen molar-refractivity contribution >= 4 is 23.8 Å². The van der Waals surface area contributed by atoms with E-state index < -0.39 is 0 Å². The monoisotopic (exact) mass is 296 g/mol. The third-order valence-electron chi connectivity index (χ3n) is 2.89. The van der Waals surface area contributed by atoms with Crippen LogP contribution < -0.4 is 5.56 Å². The minimum Gasteiger partial charge on any atom is -0.508 e. The first-order valence-corrected chi connectivity index (χ1v) is 6.61. The molecule has 0 atom stereocenters. The maximum atomic E-state index is 12.0. The largest absolute Gasteiger partial charge is 0.508 e. The molecule has 0 saturated carbocycles. The Morgan fingerprint density at radius 1 is 1.37 bits per heavy atom. The van der Waals surface area contributed by atoms with Crippen molar-refractivity contribution in [3.8, 4) is 5.75 Å². The van der Waals surface area contributed by atoms with E-state index in [-0.39, 0.29) is 11.3 Å². The molecule has 3 N–H and O–H groups in total. The van der Waals surface area contributed by atoms with E-state index >= 15 is 0 Å². The van der Waals surface area contributed by atoms with Crippen LogP contribution in [0.15, 0.2) is 23.0 Å². The molecule has 1 aromatic heterocycles. The fraction of sp³-hybridized carbons (Fsp3) is 0.231. The SMILES string of the molecule is CCc1[nH]c(=S)[nH]c(=O)c1Cc1cc(Cl)ccc1O. The molecule has 1 aromatic carbocycles. The number of aromatic hydroxyl groups is 1. The van der Waals surface area contributed by atoms with Gasteiger partial charge in [-0.15, -0.1) is 0 Å². The van der Waals surface area contributed by atoms with Crippen molar-refractivity contribution in [1.82, 2.24) is 9.97 Å². The number of hydrogen-bond donors (Lipinski definition) is 3. The van der Waals surface area contributed by atoms with E-state index in [9.17, 15) is 9.90 Å². The van der Waals surface area contributed by atoms with Gasteiger partial charge in [0.1, 0.15) is 5.75 Å². The first-order chi connectivity index (χ1) is 9.01. The van der Waals surface area contributed by atoms with E-state index in [2.05, 4.69) is 9.97 Å². The number of hydrogen-bond acceptors (Lipinski definition) is 3. The van der Waals surface area contributed by atoms with Gasteiger partial charge < -0.3 is 10.1 Å². The van der Waals surface area contributed by atoms with Crippen LogP contribution in [0.25, 0.3) is 0 Å². The summed E-state index contributed by atoms with van der Waals surface area (Å²) in [4.78, 5) is 17.5. The van der Waals surface area contributed by atoms with Crippen LogP contribution in [0, 0.1) is 4.77 Å². The summed E-state index contributed by atoms with van der Waals surface area (Å²) in [5.41, 5.74) is 1.71. The lowest BCUT2D eigenvalue weighted by atomic mass is 10.0. The third kappa shape index (κ3) is 3.05. The van der Waals surface area contributed by atoms with Crippen molar-refractivity contribution in [2.45, 2.75) is 19.8 Å². The predicted octanol–water partition coefficient (Wildman–Crippen LogP) is 2.94. The maximum absolute atomic E-state index is 12.0. The zero-order chi connectivity index (χ0) is 14.0. The van der Waals surface area contributed by atoms with Gasteiger partial charge in [-0.2, -0.15) is 0 Å². The van der Waals surface area contributed by atoms with Crippen LogP contribution in [0.4, 0.5) is 0 Å². The first-order valence-electron chi connectivity index (χ1n) is 5.83. The van der Waals surface area contributed by atoms with Gasteiger partial charge in [0.25, 0.3) is 5.56 Å². The highest BCUT2D eigenvalue weighted by Crippen LogP contribution is 2.23. The maximum Gasteiger partial charge on any atom is 0.255 e. The molecule has 2 rings (SSSR count). The topological polar surface area (TPSA) is 68.9 Å². The summed E-state index contributed by atoms with van der Waals surface area (Å²) in [5, 5.41) is 10.3. The van der Waals surface area contributed by atoms with E-state index in [1.165, 1.54) is 6.07 Å². The molecule has 0 bridgehead atoms. The number of H-pyrrole nitrogens is 2. The highest BCUT2D eigenvalue weighted by molar-refractivity contribution is 7.71. The Bertz CT molecular complexity index is 721. The molecule has 100 valence electrons. The Balaban J connectivity index is 2.52. The van der Waals surface area contributed by atoms with Crippen LogP contribution in [0.3, 0.4) is 0 Å². The highest BCUT2D eigenvalue weighted by Gasteiger charge is 2.11. The number of nitrogens with one attached hydrogen (secondary N) is 2. The molecule has 6 heteroatoms. The molecule has 0 spiro atoms. The summed E-state index contributed by atoms with van der Waals surface area (Å²) in [6.07, 6.45) is 0.960. The number of benzene rings is 1. The fourth-order valence-electron chi connectivity index (χ4n) is 1.93. The van der Waals surface area contributed by atoms with Gasteiger partial charge in [-0.1, -0.05) is 18.5 Å². The van der Waals surface area contributed by atoms with Crippen molar-refractivity contribution in [2.75, 3.05) is 0 Å². The van der Waals surface area contributed by atoms with E-state index in [1.807, 2.05) is 6.92 Å². The van der Waals surface area contributed by atoms with Crippen LogP contribution in [0.2, 0.25) is 5.02 Å². The number of aromatic amines is 2. The van der Waals surface area contributed by atoms with Gasteiger partial charge in [0.15, 0.2) is 4.77 Å². The molecule has 0 aliphatic heterocycles. The normalized spacial score (nSPS) is 10.6. The Kier molecular flexibility index (Phi) is 4.07. The standard InChI is InChI=1S/C13H13ClN2O2S/c1-2-10-9(12(18)16-13(19)15-10)6-7-5-8(14)3-4-11(7)17/h3-5,17H,2,6H2,1H3,(H2,15,16,18,19). The second-order valence-electron chi connectivity index (χ2n) is 4.17. The van der Waals surface area contributed by atoms with Gasteiger partial charge in [0, 0.05) is 22.7 Å². The molecule has 0 aliphatic carbocycles. The Morgan fingerprint density at radius 2 is 2.11 bits per heavy atom. The minimum atomic E-state index is -0.236. The predicted molar refractivity (Wildman–Crippen MR) is 77.5 cm³/mol. The molecule has 2 aromatic rings. The van der Waals surface area contributed by atoms with Gasteiger partial charge in [-0.25, -0.2) is 0 Å². The molecule has 0 aliphatic rings. The molecule has 0 radical (unpaired) electrons. The first kappa shape index (κ1) is 13.8. The molecular weight excluding hydrogens is 284 g/mol. The quantitative estimate of drug-likeness (QED) is 0.763. The van der Waals surface area contributed by atoms with Crippen molar-refractivity contribution in [3.63, 3.8) is 0 Å². The number of phenols is 1. The Labute approximate surface area is 120 Å². The molecule has 1 heterocycles. The van der Waals surface area contributed by atoms with Crippen LogP contribution in [0.1, 0.15) is 23.7 Å². The molecule has 4 nitrogen and oxygen atoms in total. The zero-order valence-electron chi connectivity index (χ0n) is 10.3. The third-order valence-corrected chi connectivity index (χ3v) is 3.33. The number of halogens is 1. The lowest BCUT2D eigenvalue weighted by Gasteiger charge is -2.08. The molecule has 0 fully saturated rings. The average molecular weight is 297 g/mol. The van der Waals surface area contributed by atoms with Gasteiger partial charge in [0.05, 0.1) is 0 Å². The van der Waals surface area contributed by atoms with Gasteiger partial charge in [0.2, 0.25) is 0 Å². The van der Waals surface area contributed by atoms with Gasteiger partial charge >= 0.3 is 0 Å². The van der Waals surface area contributed by atoms with Crippen LogP contribution >= 0.6 is 23.8 Å². The van der Waals surface area contributed by atoms with Crippen molar-refractivity contribution in [2.24, 2.45) is 0 Å². The molecule has 19 heavy (non-hydrogen) atoms. The van der Waals surface area contributed by atoms with E-state index in [4.69, 9.17) is 23.8 Å². The average Bonchev–Trinajstić information content (AvgIpc) is 2.36. The smallest absolute Gasteiger partial charge is 0.255 e. The summed E-state index contributed by atoms with van der Waals surface area (Å²) < 4.78 is 0.306. The van der Waals surface area contributed by atoms with E-state index in [0.717, 1.165) is 5.69 Å². The molecule has 0 unspecified atom stereocenters.